The first-order chi connectivity index (χ1) is 11.8. The van der Waals surface area contributed by atoms with Gasteiger partial charge in [-0.3, -0.25) is 4.90 Å². The molecule has 3 nitrogen and oxygen atoms in total. The lowest BCUT2D eigenvalue weighted by atomic mass is 9.92. The number of nitrogens with two attached hydrogens (primary N) is 1. The highest BCUT2D eigenvalue weighted by Crippen LogP contribution is 2.30. The number of ether oxygens (including phenoxy) is 1. The minimum Gasteiger partial charge on any atom is -0.376 e. The Morgan fingerprint density at radius 3 is 2.62 bits per heavy atom. The van der Waals surface area contributed by atoms with E-state index in [-0.39, 0.29) is 0 Å². The summed E-state index contributed by atoms with van der Waals surface area (Å²) < 4.78 is 5.58. The number of hydrogen-bond donors (Lipinski definition) is 1. The molecular formula is C21H26N2O. The van der Waals surface area contributed by atoms with Crippen molar-refractivity contribution < 1.29 is 4.74 Å². The molecule has 2 heterocycles. The van der Waals surface area contributed by atoms with Crippen LogP contribution < -0.4 is 5.73 Å². The monoisotopic (exact) mass is 322 g/mol. The molecule has 2 aliphatic rings. The predicted molar refractivity (Wildman–Crippen MR) is 97.7 cm³/mol. The minimum atomic E-state index is 0.400. The molecule has 126 valence electrons. The van der Waals surface area contributed by atoms with Crippen LogP contribution in [0.1, 0.15) is 29.5 Å². The molecule has 1 fully saturated rings. The van der Waals surface area contributed by atoms with Gasteiger partial charge >= 0.3 is 0 Å². The van der Waals surface area contributed by atoms with Gasteiger partial charge in [0.05, 0.1) is 13.2 Å². The van der Waals surface area contributed by atoms with E-state index in [9.17, 15) is 0 Å². The third kappa shape index (κ3) is 3.39. The Balaban J connectivity index is 1.50. The Hall–Kier alpha value is -1.68. The number of likely N-dealkylation sites (tertiary alicyclic amines) is 1. The van der Waals surface area contributed by atoms with Gasteiger partial charge in [0.25, 0.3) is 0 Å². The van der Waals surface area contributed by atoms with E-state index >= 15 is 0 Å². The second-order valence-corrected chi connectivity index (χ2v) is 7.06. The molecule has 0 aliphatic carbocycles. The van der Waals surface area contributed by atoms with Gasteiger partial charge < -0.3 is 10.5 Å². The van der Waals surface area contributed by atoms with E-state index in [1.807, 2.05) is 0 Å². The number of benzene rings is 2. The molecule has 0 atom stereocenters. The fraction of sp³-hybridized carbons (Fsp3) is 0.429. The van der Waals surface area contributed by atoms with Crippen LogP contribution in [0.2, 0.25) is 0 Å². The van der Waals surface area contributed by atoms with Crippen LogP contribution in [0.4, 0.5) is 0 Å². The van der Waals surface area contributed by atoms with Crippen LogP contribution in [-0.4, -0.2) is 30.6 Å². The molecule has 1 saturated heterocycles. The molecule has 3 heteroatoms. The van der Waals surface area contributed by atoms with Crippen LogP contribution in [0.15, 0.2) is 42.5 Å². The molecule has 24 heavy (non-hydrogen) atoms. The molecule has 0 aromatic heterocycles. The fourth-order valence-corrected chi connectivity index (χ4v) is 3.85. The zero-order chi connectivity index (χ0) is 16.4. The zero-order valence-electron chi connectivity index (χ0n) is 14.2. The van der Waals surface area contributed by atoms with Gasteiger partial charge in [-0.15, -0.1) is 0 Å². The third-order valence-corrected chi connectivity index (χ3v) is 5.33. The van der Waals surface area contributed by atoms with E-state index < -0.39 is 0 Å². The Bertz CT molecular complexity index is 687. The topological polar surface area (TPSA) is 38.5 Å². The van der Waals surface area contributed by atoms with Gasteiger partial charge in [-0.2, -0.15) is 0 Å². The van der Waals surface area contributed by atoms with Crippen molar-refractivity contribution >= 4 is 0 Å². The van der Waals surface area contributed by atoms with E-state index in [1.54, 1.807) is 0 Å². The van der Waals surface area contributed by atoms with Crippen molar-refractivity contribution in [1.82, 2.24) is 4.90 Å². The van der Waals surface area contributed by atoms with Crippen molar-refractivity contribution in [3.8, 4) is 11.1 Å². The van der Waals surface area contributed by atoms with Crippen LogP contribution in [-0.2, 0) is 24.3 Å². The maximum atomic E-state index is 5.99. The highest BCUT2D eigenvalue weighted by molar-refractivity contribution is 5.69. The van der Waals surface area contributed by atoms with Gasteiger partial charge in [-0.25, -0.2) is 0 Å². The Morgan fingerprint density at radius 2 is 1.83 bits per heavy atom. The van der Waals surface area contributed by atoms with E-state index in [1.165, 1.54) is 27.8 Å². The van der Waals surface area contributed by atoms with Crippen molar-refractivity contribution in [3.63, 3.8) is 0 Å². The van der Waals surface area contributed by atoms with Gasteiger partial charge in [-0.05, 0) is 60.2 Å². The highest BCUT2D eigenvalue weighted by Gasteiger charge is 2.17. The standard InChI is InChI=1S/C21H26N2O/c22-19-8-11-23(12-9-19)14-16-4-6-17(7-5-16)20-3-1-2-18-15-24-13-10-21(18)20/h1-7,19H,8-15,22H2. The van der Waals surface area contributed by atoms with Gasteiger partial charge in [0.2, 0.25) is 0 Å². The van der Waals surface area contributed by atoms with Crippen molar-refractivity contribution in [2.45, 2.75) is 38.5 Å². The van der Waals surface area contributed by atoms with E-state index in [2.05, 4.69) is 47.4 Å². The summed E-state index contributed by atoms with van der Waals surface area (Å²) in [5.74, 6) is 0. The summed E-state index contributed by atoms with van der Waals surface area (Å²) in [6, 6.07) is 16.1. The number of nitrogens with zero attached hydrogens (tertiary/aromatic N) is 1. The maximum absolute atomic E-state index is 5.99. The van der Waals surface area contributed by atoms with E-state index in [0.717, 1.165) is 52.1 Å². The Labute approximate surface area is 144 Å². The lowest BCUT2D eigenvalue weighted by molar-refractivity contribution is 0.111. The van der Waals surface area contributed by atoms with Crippen LogP contribution >= 0.6 is 0 Å². The summed E-state index contributed by atoms with van der Waals surface area (Å²) >= 11 is 0. The third-order valence-electron chi connectivity index (χ3n) is 5.33. The van der Waals surface area contributed by atoms with Crippen molar-refractivity contribution in [2.24, 2.45) is 5.73 Å². The second kappa shape index (κ2) is 7.06. The number of piperidine rings is 1. The van der Waals surface area contributed by atoms with E-state index in [0.29, 0.717) is 6.04 Å². The van der Waals surface area contributed by atoms with E-state index in [4.69, 9.17) is 10.5 Å². The van der Waals surface area contributed by atoms with Crippen molar-refractivity contribution in [3.05, 3.63) is 59.2 Å². The fourth-order valence-electron chi connectivity index (χ4n) is 3.85. The highest BCUT2D eigenvalue weighted by atomic mass is 16.5. The molecule has 0 bridgehead atoms. The van der Waals surface area contributed by atoms with Crippen LogP contribution in [0.3, 0.4) is 0 Å². The summed E-state index contributed by atoms with van der Waals surface area (Å²) in [6.45, 7) is 4.86. The first kappa shape index (κ1) is 15.8. The SMILES string of the molecule is NC1CCN(Cc2ccc(-c3cccc4c3CCOC4)cc2)CC1. The summed E-state index contributed by atoms with van der Waals surface area (Å²) in [5.41, 5.74) is 12.9. The van der Waals surface area contributed by atoms with Crippen molar-refractivity contribution in [1.29, 1.82) is 0 Å². The lowest BCUT2D eigenvalue weighted by Gasteiger charge is -2.30. The number of fused-ring (bicyclic) bond motifs is 1. The average Bonchev–Trinajstić information content (AvgIpc) is 2.64. The molecule has 0 spiro atoms. The summed E-state index contributed by atoms with van der Waals surface area (Å²) in [6.07, 6.45) is 3.26. The average molecular weight is 322 g/mol. The van der Waals surface area contributed by atoms with Crippen LogP contribution in [0.25, 0.3) is 11.1 Å². The minimum absolute atomic E-state index is 0.400. The normalized spacial score (nSPS) is 19.2. The Morgan fingerprint density at radius 1 is 1.04 bits per heavy atom. The summed E-state index contributed by atoms with van der Waals surface area (Å²) in [7, 11) is 0. The molecule has 4 rings (SSSR count). The first-order valence-electron chi connectivity index (χ1n) is 9.05. The Kier molecular flexibility index (Phi) is 4.65. The zero-order valence-corrected chi connectivity index (χ0v) is 14.2. The van der Waals surface area contributed by atoms with Gasteiger partial charge in [0, 0.05) is 12.6 Å². The number of rotatable bonds is 3. The summed E-state index contributed by atoms with van der Waals surface area (Å²) in [5, 5.41) is 0. The van der Waals surface area contributed by atoms with Crippen LogP contribution in [0.5, 0.6) is 0 Å². The molecule has 0 unspecified atom stereocenters. The lowest BCUT2D eigenvalue weighted by Crippen LogP contribution is -2.39. The van der Waals surface area contributed by atoms with Gasteiger partial charge in [0.1, 0.15) is 0 Å². The smallest absolute Gasteiger partial charge is 0.0719 e. The maximum Gasteiger partial charge on any atom is 0.0719 e. The predicted octanol–water partition coefficient (Wildman–Crippen LogP) is 3.35. The molecule has 0 radical (unpaired) electrons. The molecule has 2 aromatic rings. The summed E-state index contributed by atoms with van der Waals surface area (Å²) in [4.78, 5) is 2.51. The molecule has 2 aliphatic heterocycles. The largest absolute Gasteiger partial charge is 0.376 e. The second-order valence-electron chi connectivity index (χ2n) is 7.06. The van der Waals surface area contributed by atoms with Gasteiger partial charge in [0.15, 0.2) is 0 Å². The first-order valence-corrected chi connectivity index (χ1v) is 9.05. The molecule has 0 amide bonds. The molecule has 2 aromatic carbocycles. The van der Waals surface area contributed by atoms with Gasteiger partial charge in [-0.1, -0.05) is 42.5 Å². The van der Waals surface area contributed by atoms with Crippen LogP contribution in [0, 0.1) is 0 Å². The van der Waals surface area contributed by atoms with Crippen molar-refractivity contribution in [2.75, 3.05) is 19.7 Å². The molecular weight excluding hydrogens is 296 g/mol. The number of hydrogen-bond acceptors (Lipinski definition) is 3. The quantitative estimate of drug-likeness (QED) is 0.942. The molecule has 0 saturated carbocycles. The molecule has 2 N–H and O–H groups in total.